The van der Waals surface area contributed by atoms with Crippen molar-refractivity contribution in [3.8, 4) is 12.3 Å². The molecule has 1 aromatic heterocycles. The molecule has 0 radical (unpaired) electrons. The lowest BCUT2D eigenvalue weighted by Crippen LogP contribution is -2.04. The summed E-state index contributed by atoms with van der Waals surface area (Å²) in [5.74, 6) is 2.82. The van der Waals surface area contributed by atoms with Gasteiger partial charge in [-0.3, -0.25) is 0 Å². The number of terminal acetylenes is 1. The fraction of sp³-hybridized carbons (Fsp3) is 0.389. The molecule has 0 saturated heterocycles. The number of nitrogens with zero attached hydrogens (tertiary/aromatic N) is 1. The van der Waals surface area contributed by atoms with Crippen LogP contribution in [0.15, 0.2) is 41.0 Å². The first-order valence-electron chi connectivity index (χ1n) is 7.43. The molecular weight excluding hydrogens is 278 g/mol. The summed E-state index contributed by atoms with van der Waals surface area (Å²) in [5, 5.41) is 9.26. The zero-order chi connectivity index (χ0) is 15.6. The molecule has 0 aliphatic rings. The first-order chi connectivity index (χ1) is 10.8. The number of hydrogen-bond donors (Lipinski definition) is 1. The molecule has 22 heavy (non-hydrogen) atoms. The van der Waals surface area contributed by atoms with Crippen LogP contribution in [0, 0.1) is 12.3 Å². The summed E-state index contributed by atoms with van der Waals surface area (Å²) < 4.78 is 11.0. The van der Waals surface area contributed by atoms with Crippen LogP contribution in [0.1, 0.15) is 35.9 Å². The Morgan fingerprint density at radius 3 is 2.86 bits per heavy atom. The Kier molecular flexibility index (Phi) is 6.69. The fourth-order valence-electron chi connectivity index (χ4n) is 2.12. The minimum absolute atomic E-state index is 0.0512. The van der Waals surface area contributed by atoms with Crippen LogP contribution in [0.4, 0.5) is 0 Å². The molecule has 2 aromatic rings. The van der Waals surface area contributed by atoms with Gasteiger partial charge in [-0.2, -0.15) is 0 Å². The number of aryl methyl sites for hydroxylation is 1. The van der Waals surface area contributed by atoms with Crippen LogP contribution in [0.25, 0.3) is 0 Å². The number of aliphatic hydroxyl groups excluding tert-OH is 1. The fourth-order valence-corrected chi connectivity index (χ4v) is 2.12. The zero-order valence-electron chi connectivity index (χ0n) is 12.6. The predicted octanol–water partition coefficient (Wildman–Crippen LogP) is 2.92. The van der Waals surface area contributed by atoms with Crippen molar-refractivity contribution in [2.24, 2.45) is 0 Å². The first-order valence-corrected chi connectivity index (χ1v) is 7.43. The number of aromatic nitrogens is 1. The van der Waals surface area contributed by atoms with Crippen molar-refractivity contribution < 1.29 is 14.3 Å². The van der Waals surface area contributed by atoms with Gasteiger partial charge in [-0.1, -0.05) is 30.3 Å². The normalized spacial score (nSPS) is 12.0. The third-order valence-corrected chi connectivity index (χ3v) is 3.34. The Bertz CT molecular complexity index is 586. The smallest absolute Gasteiger partial charge is 0.200 e. The standard InChI is InChI=1S/C18H21NO3/c1-2-7-16(12-20)18-19-17(14-22-18)10-6-11-21-13-15-8-4-3-5-9-15/h1,3-5,8-9,14,16,20H,6-7,10-13H2. The van der Waals surface area contributed by atoms with Crippen LogP contribution >= 0.6 is 0 Å². The molecule has 0 saturated carbocycles. The molecule has 1 N–H and O–H groups in total. The molecular formula is C18H21NO3. The zero-order valence-corrected chi connectivity index (χ0v) is 12.6. The second kappa shape index (κ2) is 9.04. The lowest BCUT2D eigenvalue weighted by Gasteiger charge is -2.04. The van der Waals surface area contributed by atoms with Crippen molar-refractivity contribution in [3.05, 3.63) is 53.7 Å². The quantitative estimate of drug-likeness (QED) is 0.571. The Morgan fingerprint density at radius 2 is 2.14 bits per heavy atom. The molecule has 1 heterocycles. The van der Waals surface area contributed by atoms with Gasteiger partial charge in [0.25, 0.3) is 0 Å². The van der Waals surface area contributed by atoms with Crippen LogP contribution in [0.5, 0.6) is 0 Å². The minimum Gasteiger partial charge on any atom is -0.448 e. The van der Waals surface area contributed by atoms with Crippen molar-refractivity contribution in [2.75, 3.05) is 13.2 Å². The van der Waals surface area contributed by atoms with Gasteiger partial charge in [0.15, 0.2) is 0 Å². The van der Waals surface area contributed by atoms with Crippen molar-refractivity contribution in [3.63, 3.8) is 0 Å². The Balaban J connectivity index is 1.69. The summed E-state index contributed by atoms with van der Waals surface area (Å²) >= 11 is 0. The van der Waals surface area contributed by atoms with Crippen molar-refractivity contribution in [1.82, 2.24) is 4.98 Å². The van der Waals surface area contributed by atoms with Crippen molar-refractivity contribution in [1.29, 1.82) is 0 Å². The van der Waals surface area contributed by atoms with Crippen molar-refractivity contribution >= 4 is 0 Å². The first kappa shape index (κ1) is 16.3. The predicted molar refractivity (Wildman–Crippen MR) is 84.2 cm³/mol. The molecule has 116 valence electrons. The van der Waals surface area contributed by atoms with E-state index in [-0.39, 0.29) is 12.5 Å². The molecule has 0 fully saturated rings. The number of benzene rings is 1. The largest absolute Gasteiger partial charge is 0.448 e. The summed E-state index contributed by atoms with van der Waals surface area (Å²) in [6, 6.07) is 10.1. The Labute approximate surface area is 131 Å². The van der Waals surface area contributed by atoms with E-state index in [1.807, 2.05) is 30.3 Å². The maximum Gasteiger partial charge on any atom is 0.200 e. The molecule has 0 amide bonds. The number of oxazole rings is 1. The molecule has 4 nitrogen and oxygen atoms in total. The molecule has 4 heteroatoms. The molecule has 2 rings (SSSR count). The summed E-state index contributed by atoms with van der Waals surface area (Å²) in [4.78, 5) is 4.38. The van der Waals surface area contributed by atoms with E-state index >= 15 is 0 Å². The second-order valence-corrected chi connectivity index (χ2v) is 5.11. The van der Waals surface area contributed by atoms with E-state index in [4.69, 9.17) is 15.6 Å². The van der Waals surface area contributed by atoms with Crippen LogP contribution in [-0.4, -0.2) is 23.3 Å². The van der Waals surface area contributed by atoms with E-state index in [1.54, 1.807) is 6.26 Å². The average Bonchev–Trinajstić information content (AvgIpc) is 3.02. The highest BCUT2D eigenvalue weighted by Gasteiger charge is 2.15. The Morgan fingerprint density at radius 1 is 1.32 bits per heavy atom. The van der Waals surface area contributed by atoms with E-state index in [0.29, 0.717) is 25.5 Å². The number of rotatable bonds is 9. The molecule has 1 unspecified atom stereocenters. The van der Waals surface area contributed by atoms with Gasteiger partial charge >= 0.3 is 0 Å². The average molecular weight is 299 g/mol. The van der Waals surface area contributed by atoms with E-state index in [9.17, 15) is 5.11 Å². The van der Waals surface area contributed by atoms with Gasteiger partial charge in [0.05, 0.1) is 24.8 Å². The maximum atomic E-state index is 9.26. The molecule has 1 aromatic carbocycles. The molecule has 0 spiro atoms. The van der Waals surface area contributed by atoms with Gasteiger partial charge in [-0.15, -0.1) is 12.3 Å². The van der Waals surface area contributed by atoms with E-state index in [0.717, 1.165) is 18.5 Å². The lowest BCUT2D eigenvalue weighted by molar-refractivity contribution is 0.118. The topological polar surface area (TPSA) is 55.5 Å². The summed E-state index contributed by atoms with van der Waals surface area (Å²) in [6.07, 6.45) is 8.98. The summed E-state index contributed by atoms with van der Waals surface area (Å²) in [6.45, 7) is 1.24. The number of aliphatic hydroxyl groups is 1. The van der Waals surface area contributed by atoms with Crippen LogP contribution in [-0.2, 0) is 17.8 Å². The van der Waals surface area contributed by atoms with Crippen LogP contribution < -0.4 is 0 Å². The van der Waals surface area contributed by atoms with Gasteiger partial charge < -0.3 is 14.3 Å². The highest BCUT2D eigenvalue weighted by Crippen LogP contribution is 2.18. The maximum absolute atomic E-state index is 9.26. The SMILES string of the molecule is C#CCC(CO)c1nc(CCCOCc2ccccc2)co1. The number of hydrogen-bond acceptors (Lipinski definition) is 4. The van der Waals surface area contributed by atoms with Crippen molar-refractivity contribution in [2.45, 2.75) is 31.8 Å². The minimum atomic E-state index is -0.215. The third-order valence-electron chi connectivity index (χ3n) is 3.34. The summed E-state index contributed by atoms with van der Waals surface area (Å²) in [5.41, 5.74) is 2.04. The summed E-state index contributed by atoms with van der Waals surface area (Å²) in [7, 11) is 0. The third kappa shape index (κ3) is 5.03. The molecule has 0 aliphatic heterocycles. The molecule has 0 aliphatic carbocycles. The van der Waals surface area contributed by atoms with Crippen LogP contribution in [0.3, 0.4) is 0 Å². The monoisotopic (exact) mass is 299 g/mol. The van der Waals surface area contributed by atoms with E-state index in [1.165, 1.54) is 5.56 Å². The van der Waals surface area contributed by atoms with E-state index in [2.05, 4.69) is 10.9 Å². The Hall–Kier alpha value is -2.09. The molecule has 0 bridgehead atoms. The van der Waals surface area contributed by atoms with E-state index < -0.39 is 0 Å². The van der Waals surface area contributed by atoms with Gasteiger partial charge in [0, 0.05) is 13.0 Å². The van der Waals surface area contributed by atoms with Gasteiger partial charge in [-0.05, 0) is 18.4 Å². The second-order valence-electron chi connectivity index (χ2n) is 5.11. The highest BCUT2D eigenvalue weighted by atomic mass is 16.5. The van der Waals surface area contributed by atoms with Gasteiger partial charge in [0.2, 0.25) is 5.89 Å². The number of ether oxygens (including phenoxy) is 1. The van der Waals surface area contributed by atoms with Gasteiger partial charge in [0.1, 0.15) is 6.26 Å². The lowest BCUT2D eigenvalue weighted by atomic mass is 10.1. The van der Waals surface area contributed by atoms with Gasteiger partial charge in [-0.25, -0.2) is 4.98 Å². The van der Waals surface area contributed by atoms with Crippen LogP contribution in [0.2, 0.25) is 0 Å². The highest BCUT2D eigenvalue weighted by molar-refractivity contribution is 5.13. The molecule has 1 atom stereocenters.